The zero-order valence-corrected chi connectivity index (χ0v) is 14.7. The first-order valence-electron chi connectivity index (χ1n) is 8.91. The first-order valence-corrected chi connectivity index (χ1v) is 8.91. The highest BCUT2D eigenvalue weighted by Crippen LogP contribution is 2.27. The van der Waals surface area contributed by atoms with Crippen molar-refractivity contribution >= 4 is 5.91 Å². The van der Waals surface area contributed by atoms with Crippen molar-refractivity contribution in [3.63, 3.8) is 0 Å². The van der Waals surface area contributed by atoms with E-state index in [0.717, 1.165) is 41.8 Å². The van der Waals surface area contributed by atoms with E-state index in [1.165, 1.54) is 12.1 Å². The molecule has 3 aromatic rings. The van der Waals surface area contributed by atoms with Crippen molar-refractivity contribution in [1.29, 1.82) is 0 Å². The summed E-state index contributed by atoms with van der Waals surface area (Å²) in [6.07, 6.45) is 2.68. The van der Waals surface area contributed by atoms with Crippen LogP contribution in [0.1, 0.15) is 33.7 Å². The van der Waals surface area contributed by atoms with E-state index in [0.29, 0.717) is 5.69 Å². The second-order valence-corrected chi connectivity index (χ2v) is 6.37. The predicted octanol–water partition coefficient (Wildman–Crippen LogP) is 3.28. The highest BCUT2D eigenvalue weighted by atomic mass is 19.1. The van der Waals surface area contributed by atoms with E-state index in [1.807, 2.05) is 30.3 Å². The largest absolute Gasteiger partial charge is 0.340 e. The number of halogens is 1. The van der Waals surface area contributed by atoms with Gasteiger partial charge < -0.3 is 5.32 Å². The number of carbonyl (C=O) groups is 1. The number of amides is 1. The Morgan fingerprint density at radius 2 is 1.89 bits per heavy atom. The third-order valence-corrected chi connectivity index (χ3v) is 4.56. The molecule has 1 aliphatic carbocycles. The quantitative estimate of drug-likeness (QED) is 0.730. The Hall–Kier alpha value is -3.39. The maximum absolute atomic E-state index is 13.2. The lowest BCUT2D eigenvalue weighted by molar-refractivity contribution is 0.0952. The summed E-state index contributed by atoms with van der Waals surface area (Å²) in [6.45, 7) is 0.256. The van der Waals surface area contributed by atoms with Gasteiger partial charge in [-0.05, 0) is 55.7 Å². The third kappa shape index (κ3) is 3.61. The number of fused-ring (bicyclic) bond motifs is 1. The van der Waals surface area contributed by atoms with Gasteiger partial charge in [-0.2, -0.15) is 5.10 Å². The van der Waals surface area contributed by atoms with Crippen LogP contribution in [0, 0.1) is 17.7 Å². The highest BCUT2D eigenvalue weighted by molar-refractivity contribution is 5.94. The van der Waals surface area contributed by atoms with Crippen molar-refractivity contribution in [2.75, 3.05) is 6.54 Å². The Bertz CT molecular complexity index is 1030. The Morgan fingerprint density at radius 1 is 1.11 bits per heavy atom. The van der Waals surface area contributed by atoms with E-state index in [-0.39, 0.29) is 18.3 Å². The van der Waals surface area contributed by atoms with Gasteiger partial charge in [0.1, 0.15) is 5.82 Å². The normalized spacial score (nSPS) is 12.2. The topological polar surface area (TPSA) is 46.9 Å². The maximum Gasteiger partial charge on any atom is 0.272 e. The summed E-state index contributed by atoms with van der Waals surface area (Å²) < 4.78 is 15.0. The second-order valence-electron chi connectivity index (χ2n) is 6.37. The first-order chi connectivity index (χ1) is 13.2. The zero-order valence-electron chi connectivity index (χ0n) is 14.7. The van der Waals surface area contributed by atoms with Crippen molar-refractivity contribution in [1.82, 2.24) is 15.1 Å². The molecule has 4 nitrogen and oxygen atoms in total. The average molecular weight is 359 g/mol. The second kappa shape index (κ2) is 7.46. The smallest absolute Gasteiger partial charge is 0.272 e. The van der Waals surface area contributed by atoms with Crippen LogP contribution in [0.15, 0.2) is 54.6 Å². The maximum atomic E-state index is 13.2. The molecule has 0 spiro atoms. The number of hydrogen-bond donors (Lipinski definition) is 1. The van der Waals surface area contributed by atoms with Crippen molar-refractivity contribution in [3.05, 3.63) is 82.9 Å². The summed E-state index contributed by atoms with van der Waals surface area (Å²) in [5.74, 6) is 5.45. The van der Waals surface area contributed by atoms with Crippen LogP contribution in [0.2, 0.25) is 0 Å². The van der Waals surface area contributed by atoms with E-state index in [9.17, 15) is 9.18 Å². The number of nitrogens with zero attached hydrogens (tertiary/aromatic N) is 2. The van der Waals surface area contributed by atoms with Gasteiger partial charge in [-0.15, -0.1) is 0 Å². The van der Waals surface area contributed by atoms with Gasteiger partial charge in [-0.3, -0.25) is 4.79 Å². The minimum absolute atomic E-state index is 0.226. The molecule has 0 saturated heterocycles. The van der Waals surface area contributed by atoms with Crippen molar-refractivity contribution in [2.24, 2.45) is 0 Å². The fraction of sp³-hybridized carbons (Fsp3) is 0.182. The number of hydrogen-bond acceptors (Lipinski definition) is 2. The van der Waals surface area contributed by atoms with Crippen LogP contribution < -0.4 is 5.32 Å². The summed E-state index contributed by atoms with van der Waals surface area (Å²) in [5, 5.41) is 7.33. The summed E-state index contributed by atoms with van der Waals surface area (Å²) in [7, 11) is 0. The molecule has 1 heterocycles. The molecule has 27 heavy (non-hydrogen) atoms. The van der Waals surface area contributed by atoms with Crippen LogP contribution in [-0.4, -0.2) is 22.2 Å². The molecular formula is C22H18FN3O. The molecule has 1 amide bonds. The minimum Gasteiger partial charge on any atom is -0.340 e. The Balaban J connectivity index is 1.52. The molecule has 134 valence electrons. The average Bonchev–Trinajstić information content (AvgIpc) is 3.29. The van der Waals surface area contributed by atoms with Gasteiger partial charge in [0.2, 0.25) is 0 Å². The highest BCUT2D eigenvalue weighted by Gasteiger charge is 2.26. The molecule has 0 unspecified atom stereocenters. The van der Waals surface area contributed by atoms with Gasteiger partial charge >= 0.3 is 0 Å². The Labute approximate surface area is 157 Å². The monoisotopic (exact) mass is 359 g/mol. The predicted molar refractivity (Wildman–Crippen MR) is 101 cm³/mol. The molecule has 0 radical (unpaired) electrons. The van der Waals surface area contributed by atoms with Crippen LogP contribution in [-0.2, 0) is 12.8 Å². The molecule has 2 aromatic carbocycles. The van der Waals surface area contributed by atoms with Gasteiger partial charge in [0, 0.05) is 16.8 Å². The van der Waals surface area contributed by atoms with Gasteiger partial charge in [-0.25, -0.2) is 9.07 Å². The molecule has 1 N–H and O–H groups in total. The Kier molecular flexibility index (Phi) is 4.71. The molecule has 1 aliphatic rings. The van der Waals surface area contributed by atoms with Gasteiger partial charge in [0.05, 0.1) is 12.2 Å². The van der Waals surface area contributed by atoms with Gasteiger partial charge in [-0.1, -0.05) is 30.0 Å². The fourth-order valence-electron chi connectivity index (χ4n) is 3.29. The van der Waals surface area contributed by atoms with Gasteiger partial charge in [0.25, 0.3) is 5.91 Å². The minimum atomic E-state index is -0.294. The van der Waals surface area contributed by atoms with E-state index < -0.39 is 0 Å². The number of benzene rings is 2. The summed E-state index contributed by atoms with van der Waals surface area (Å²) in [6, 6.07) is 15.8. The number of nitrogens with one attached hydrogen (secondary N) is 1. The number of carbonyl (C=O) groups excluding carboxylic acids is 1. The standard InChI is InChI=1S/C22H18FN3O/c23-17-11-13-18(14-12-17)26-20-10-4-9-19(20)21(25-26)22(27)24-15-5-8-16-6-2-1-3-7-16/h1-3,6-7,11-14H,4,9-10,15H2,(H,24,27). The van der Waals surface area contributed by atoms with Crippen molar-refractivity contribution in [3.8, 4) is 17.5 Å². The zero-order chi connectivity index (χ0) is 18.6. The van der Waals surface area contributed by atoms with Crippen LogP contribution in [0.4, 0.5) is 4.39 Å². The van der Waals surface area contributed by atoms with Gasteiger partial charge in [0.15, 0.2) is 5.69 Å². The number of aromatic nitrogens is 2. The fourth-order valence-corrected chi connectivity index (χ4v) is 3.29. The van der Waals surface area contributed by atoms with Crippen molar-refractivity contribution in [2.45, 2.75) is 19.3 Å². The Morgan fingerprint density at radius 3 is 2.67 bits per heavy atom. The summed E-state index contributed by atoms with van der Waals surface area (Å²) in [5.41, 5.74) is 4.12. The number of rotatable bonds is 3. The van der Waals surface area contributed by atoms with E-state index >= 15 is 0 Å². The van der Waals surface area contributed by atoms with Crippen LogP contribution in [0.25, 0.3) is 5.69 Å². The summed E-state index contributed by atoms with van der Waals surface area (Å²) >= 11 is 0. The summed E-state index contributed by atoms with van der Waals surface area (Å²) in [4.78, 5) is 12.6. The van der Waals surface area contributed by atoms with Crippen LogP contribution >= 0.6 is 0 Å². The van der Waals surface area contributed by atoms with E-state index in [2.05, 4.69) is 22.3 Å². The van der Waals surface area contributed by atoms with E-state index in [4.69, 9.17) is 0 Å². The lowest BCUT2D eigenvalue weighted by atomic mass is 10.2. The molecule has 0 bridgehead atoms. The molecule has 0 fully saturated rings. The molecule has 5 heteroatoms. The molecule has 0 atom stereocenters. The lowest BCUT2D eigenvalue weighted by Crippen LogP contribution is -2.25. The van der Waals surface area contributed by atoms with E-state index in [1.54, 1.807) is 16.8 Å². The third-order valence-electron chi connectivity index (χ3n) is 4.56. The molecule has 4 rings (SSSR count). The first kappa shape index (κ1) is 17.0. The SMILES string of the molecule is O=C(NCC#Cc1ccccc1)c1nn(-c2ccc(F)cc2)c2c1CCC2. The molecule has 0 aliphatic heterocycles. The van der Waals surface area contributed by atoms with Crippen LogP contribution in [0.3, 0.4) is 0 Å². The molecule has 0 saturated carbocycles. The lowest BCUT2D eigenvalue weighted by Gasteiger charge is -2.05. The molecular weight excluding hydrogens is 341 g/mol. The van der Waals surface area contributed by atoms with Crippen molar-refractivity contribution < 1.29 is 9.18 Å². The molecule has 1 aromatic heterocycles. The van der Waals surface area contributed by atoms with Crippen LogP contribution in [0.5, 0.6) is 0 Å².